The van der Waals surface area contributed by atoms with E-state index < -0.39 is 0 Å². The molecule has 0 saturated carbocycles. The van der Waals surface area contributed by atoms with E-state index >= 15 is 0 Å². The van der Waals surface area contributed by atoms with Crippen LogP contribution in [0.25, 0.3) is 0 Å². The van der Waals surface area contributed by atoms with Gasteiger partial charge in [-0.2, -0.15) is 4.37 Å². The third kappa shape index (κ3) is 3.50. The van der Waals surface area contributed by atoms with Crippen molar-refractivity contribution >= 4 is 16.7 Å². The summed E-state index contributed by atoms with van der Waals surface area (Å²) in [6.07, 6.45) is 0.426. The molecule has 1 aromatic carbocycles. The molecule has 1 heterocycles. The minimum absolute atomic E-state index is 0.0468. The fourth-order valence-corrected chi connectivity index (χ4v) is 2.30. The molecule has 0 bridgehead atoms. The van der Waals surface area contributed by atoms with Gasteiger partial charge in [0.1, 0.15) is 11.6 Å². The second kappa shape index (κ2) is 5.02. The molecule has 96 valence electrons. The van der Waals surface area contributed by atoms with Crippen molar-refractivity contribution in [3.8, 4) is 0 Å². The fourth-order valence-electron chi connectivity index (χ4n) is 1.51. The summed E-state index contributed by atoms with van der Waals surface area (Å²) in [6, 6.07) is 6.71. The molecule has 0 radical (unpaired) electrons. The molecule has 0 spiro atoms. The first-order valence-corrected chi connectivity index (χ1v) is 6.55. The number of hydrogen-bond donors (Lipinski definition) is 1. The Hall–Kier alpha value is -1.49. The number of benzene rings is 1. The van der Waals surface area contributed by atoms with E-state index in [1.54, 1.807) is 12.1 Å². The predicted octanol–water partition coefficient (Wildman–Crippen LogP) is 3.48. The van der Waals surface area contributed by atoms with Crippen LogP contribution in [-0.4, -0.2) is 14.9 Å². The van der Waals surface area contributed by atoms with Crippen molar-refractivity contribution in [2.75, 3.05) is 5.32 Å². The fraction of sp³-hybridized carbons (Fsp3) is 0.385. The maximum atomic E-state index is 13.5. The van der Waals surface area contributed by atoms with E-state index in [9.17, 15) is 4.39 Å². The number of nitrogens with zero attached hydrogens (tertiary/aromatic N) is 2. The van der Waals surface area contributed by atoms with Crippen LogP contribution in [0.5, 0.6) is 0 Å². The van der Waals surface area contributed by atoms with Crippen molar-refractivity contribution in [1.82, 2.24) is 9.36 Å². The summed E-state index contributed by atoms with van der Waals surface area (Å²) in [5.41, 5.74) is 0.576. The third-order valence-electron chi connectivity index (χ3n) is 2.26. The molecule has 2 rings (SSSR count). The van der Waals surface area contributed by atoms with Crippen LogP contribution in [0.1, 0.15) is 32.2 Å². The second-order valence-electron chi connectivity index (χ2n) is 5.16. The molecule has 0 unspecified atom stereocenters. The van der Waals surface area contributed by atoms with Gasteiger partial charge in [0.2, 0.25) is 5.13 Å². The van der Waals surface area contributed by atoms with E-state index in [1.165, 1.54) is 17.6 Å². The number of aromatic nitrogens is 2. The van der Waals surface area contributed by atoms with Crippen molar-refractivity contribution in [3.63, 3.8) is 0 Å². The standard InChI is InChI=1S/C13H16FN3S/c1-13(2,3)16-12-15-11(17-18-12)8-9-6-4-5-7-10(9)14/h4-7H,8H2,1-3H3,(H,15,16,17). The van der Waals surface area contributed by atoms with E-state index in [2.05, 4.69) is 35.4 Å². The van der Waals surface area contributed by atoms with Crippen molar-refractivity contribution in [2.45, 2.75) is 32.7 Å². The van der Waals surface area contributed by atoms with Crippen LogP contribution in [0.3, 0.4) is 0 Å². The number of rotatable bonds is 3. The van der Waals surface area contributed by atoms with Gasteiger partial charge in [-0.3, -0.25) is 0 Å². The molecule has 0 saturated heterocycles. The summed E-state index contributed by atoms with van der Waals surface area (Å²) in [5.74, 6) is 0.439. The summed E-state index contributed by atoms with van der Waals surface area (Å²) in [5, 5.41) is 4.03. The first-order valence-electron chi connectivity index (χ1n) is 5.78. The van der Waals surface area contributed by atoms with E-state index in [0.29, 0.717) is 17.8 Å². The maximum absolute atomic E-state index is 13.5. The van der Waals surface area contributed by atoms with Crippen molar-refractivity contribution in [3.05, 3.63) is 41.5 Å². The molecule has 1 aromatic heterocycles. The SMILES string of the molecule is CC(C)(C)Nc1nc(Cc2ccccc2F)ns1. The van der Waals surface area contributed by atoms with Crippen molar-refractivity contribution in [2.24, 2.45) is 0 Å². The molecule has 1 N–H and O–H groups in total. The van der Waals surface area contributed by atoms with Crippen LogP contribution in [0.4, 0.5) is 9.52 Å². The Morgan fingerprint density at radius 2 is 2.00 bits per heavy atom. The molecule has 18 heavy (non-hydrogen) atoms. The van der Waals surface area contributed by atoms with Gasteiger partial charge >= 0.3 is 0 Å². The van der Waals surface area contributed by atoms with Gasteiger partial charge in [-0.15, -0.1) is 0 Å². The van der Waals surface area contributed by atoms with Gasteiger partial charge < -0.3 is 5.32 Å². The zero-order valence-corrected chi connectivity index (χ0v) is 11.5. The Labute approximate surface area is 110 Å². The monoisotopic (exact) mass is 265 g/mol. The van der Waals surface area contributed by atoms with Gasteiger partial charge in [-0.25, -0.2) is 9.37 Å². The lowest BCUT2D eigenvalue weighted by Crippen LogP contribution is -2.25. The molecule has 0 fully saturated rings. The summed E-state index contributed by atoms with van der Waals surface area (Å²) < 4.78 is 17.7. The number of nitrogens with one attached hydrogen (secondary N) is 1. The third-order valence-corrected chi connectivity index (χ3v) is 2.92. The molecule has 0 atom stereocenters. The van der Waals surface area contributed by atoms with Gasteiger partial charge in [0, 0.05) is 23.5 Å². The number of hydrogen-bond acceptors (Lipinski definition) is 4. The van der Waals surface area contributed by atoms with Gasteiger partial charge in [0.15, 0.2) is 0 Å². The first kappa shape index (κ1) is 13.0. The predicted molar refractivity (Wildman–Crippen MR) is 72.5 cm³/mol. The zero-order valence-electron chi connectivity index (χ0n) is 10.7. The lowest BCUT2D eigenvalue weighted by Gasteiger charge is -2.18. The molecular formula is C13H16FN3S. The molecule has 3 nitrogen and oxygen atoms in total. The Morgan fingerprint density at radius 3 is 2.67 bits per heavy atom. The van der Waals surface area contributed by atoms with Crippen LogP contribution in [0.15, 0.2) is 24.3 Å². The molecular weight excluding hydrogens is 249 g/mol. The van der Waals surface area contributed by atoms with Gasteiger partial charge in [-0.05, 0) is 32.4 Å². The van der Waals surface area contributed by atoms with E-state index in [1.807, 2.05) is 6.07 Å². The van der Waals surface area contributed by atoms with Crippen LogP contribution >= 0.6 is 11.5 Å². The van der Waals surface area contributed by atoms with Gasteiger partial charge in [0.05, 0.1) is 0 Å². The molecule has 0 aliphatic rings. The molecule has 0 aliphatic heterocycles. The minimum Gasteiger partial charge on any atom is -0.356 e. The van der Waals surface area contributed by atoms with Crippen molar-refractivity contribution < 1.29 is 4.39 Å². The Balaban J connectivity index is 2.10. The first-order chi connectivity index (χ1) is 8.44. The average Bonchev–Trinajstić information content (AvgIpc) is 2.66. The summed E-state index contributed by atoms with van der Waals surface area (Å²) in [6.45, 7) is 6.18. The highest BCUT2D eigenvalue weighted by atomic mass is 32.1. The molecule has 2 aromatic rings. The highest BCUT2D eigenvalue weighted by Gasteiger charge is 2.13. The summed E-state index contributed by atoms with van der Waals surface area (Å²) in [7, 11) is 0. The smallest absolute Gasteiger partial charge is 0.202 e. The van der Waals surface area contributed by atoms with Gasteiger partial charge in [-0.1, -0.05) is 18.2 Å². The lowest BCUT2D eigenvalue weighted by atomic mass is 10.1. The second-order valence-corrected chi connectivity index (χ2v) is 5.91. The molecule has 5 heteroatoms. The number of halogens is 1. The topological polar surface area (TPSA) is 37.8 Å². The Kier molecular flexibility index (Phi) is 3.61. The average molecular weight is 265 g/mol. The van der Waals surface area contributed by atoms with Crippen molar-refractivity contribution in [1.29, 1.82) is 0 Å². The van der Waals surface area contributed by atoms with E-state index in [4.69, 9.17) is 0 Å². The highest BCUT2D eigenvalue weighted by Crippen LogP contribution is 2.19. The summed E-state index contributed by atoms with van der Waals surface area (Å²) >= 11 is 1.31. The van der Waals surface area contributed by atoms with Crippen LogP contribution in [-0.2, 0) is 6.42 Å². The maximum Gasteiger partial charge on any atom is 0.202 e. The van der Waals surface area contributed by atoms with E-state index in [0.717, 1.165) is 5.13 Å². The largest absolute Gasteiger partial charge is 0.356 e. The Bertz CT molecular complexity index is 531. The molecule has 0 aliphatic carbocycles. The zero-order chi connectivity index (χ0) is 13.2. The van der Waals surface area contributed by atoms with E-state index in [-0.39, 0.29) is 11.4 Å². The lowest BCUT2D eigenvalue weighted by molar-refractivity contribution is 0.612. The normalized spacial score (nSPS) is 11.6. The van der Waals surface area contributed by atoms with Crippen LogP contribution in [0, 0.1) is 5.82 Å². The molecule has 0 amide bonds. The number of anilines is 1. The van der Waals surface area contributed by atoms with Crippen LogP contribution in [0.2, 0.25) is 0 Å². The van der Waals surface area contributed by atoms with Gasteiger partial charge in [0.25, 0.3) is 0 Å². The minimum atomic E-state index is -0.211. The quantitative estimate of drug-likeness (QED) is 0.923. The summed E-state index contributed by atoms with van der Waals surface area (Å²) in [4.78, 5) is 4.36. The van der Waals surface area contributed by atoms with Crippen LogP contribution < -0.4 is 5.32 Å². The Morgan fingerprint density at radius 1 is 1.28 bits per heavy atom. The highest BCUT2D eigenvalue weighted by molar-refractivity contribution is 7.09.